The molecule has 2 aromatic rings. The van der Waals surface area contributed by atoms with Crippen LogP contribution in [-0.2, 0) is 13.0 Å². The Hall–Kier alpha value is -1.46. The lowest BCUT2D eigenvalue weighted by atomic mass is 10.1. The Labute approximate surface area is 115 Å². The molecule has 3 rings (SSSR count). The number of benzene rings is 1. The largest absolute Gasteiger partial charge is 0.424 e. The van der Waals surface area contributed by atoms with Crippen molar-refractivity contribution < 1.29 is 8.81 Å². The summed E-state index contributed by atoms with van der Waals surface area (Å²) in [5.74, 6) is 0.539. The van der Waals surface area contributed by atoms with Crippen LogP contribution in [0.15, 0.2) is 22.6 Å². The summed E-state index contributed by atoms with van der Waals surface area (Å²) in [5, 5.41) is 11.5. The van der Waals surface area contributed by atoms with Crippen LogP contribution in [0.2, 0.25) is 5.02 Å². The zero-order chi connectivity index (χ0) is 13.2. The van der Waals surface area contributed by atoms with Gasteiger partial charge in [-0.2, -0.15) is 0 Å². The van der Waals surface area contributed by atoms with E-state index < -0.39 is 0 Å². The molecule has 0 saturated heterocycles. The van der Waals surface area contributed by atoms with Crippen molar-refractivity contribution in [2.75, 3.05) is 0 Å². The minimum atomic E-state index is -0.358. The summed E-state index contributed by atoms with van der Waals surface area (Å²) in [6, 6.07) is 5.16. The molecule has 0 bridgehead atoms. The molecule has 1 aliphatic carbocycles. The lowest BCUT2D eigenvalue weighted by molar-refractivity contribution is 0.436. The number of halogens is 2. The fraction of sp³-hybridized carbons (Fsp3) is 0.385. The van der Waals surface area contributed by atoms with Crippen molar-refractivity contribution in [3.05, 3.63) is 46.4 Å². The van der Waals surface area contributed by atoms with Crippen LogP contribution >= 0.6 is 11.6 Å². The number of nitrogens with one attached hydrogen (secondary N) is 1. The lowest BCUT2D eigenvalue weighted by Gasteiger charge is -2.02. The maximum atomic E-state index is 13.6. The van der Waals surface area contributed by atoms with E-state index in [0.29, 0.717) is 35.0 Å². The Kier molecular flexibility index (Phi) is 3.48. The Balaban J connectivity index is 1.68. The molecule has 1 fully saturated rings. The van der Waals surface area contributed by atoms with E-state index in [1.54, 1.807) is 12.1 Å². The van der Waals surface area contributed by atoms with Crippen LogP contribution in [0.3, 0.4) is 0 Å². The normalized spacial score (nSPS) is 14.8. The van der Waals surface area contributed by atoms with E-state index in [1.807, 2.05) is 0 Å². The second-order valence-corrected chi connectivity index (χ2v) is 5.03. The van der Waals surface area contributed by atoms with Gasteiger partial charge < -0.3 is 9.73 Å². The Morgan fingerprint density at radius 1 is 1.32 bits per heavy atom. The first-order chi connectivity index (χ1) is 9.22. The van der Waals surface area contributed by atoms with Gasteiger partial charge in [-0.05, 0) is 25.0 Å². The van der Waals surface area contributed by atoms with E-state index in [1.165, 1.54) is 18.9 Å². The highest BCUT2D eigenvalue weighted by molar-refractivity contribution is 6.31. The quantitative estimate of drug-likeness (QED) is 0.915. The third-order valence-corrected chi connectivity index (χ3v) is 3.37. The molecule has 6 heteroatoms. The monoisotopic (exact) mass is 281 g/mol. The molecule has 0 unspecified atom stereocenters. The van der Waals surface area contributed by atoms with Gasteiger partial charge in [0, 0.05) is 16.6 Å². The molecule has 0 radical (unpaired) electrons. The fourth-order valence-electron chi connectivity index (χ4n) is 1.80. The van der Waals surface area contributed by atoms with Gasteiger partial charge in [-0.1, -0.05) is 17.7 Å². The molecule has 1 N–H and O–H groups in total. The van der Waals surface area contributed by atoms with Gasteiger partial charge >= 0.3 is 0 Å². The molecule has 4 nitrogen and oxygen atoms in total. The number of hydrogen-bond acceptors (Lipinski definition) is 4. The first-order valence-electron chi connectivity index (χ1n) is 6.20. The van der Waals surface area contributed by atoms with Crippen molar-refractivity contribution >= 4 is 11.6 Å². The second-order valence-electron chi connectivity index (χ2n) is 4.62. The Morgan fingerprint density at radius 3 is 2.84 bits per heavy atom. The molecule has 1 saturated carbocycles. The van der Waals surface area contributed by atoms with E-state index in [4.69, 9.17) is 16.0 Å². The molecule has 100 valence electrons. The molecular weight excluding hydrogens is 269 g/mol. The summed E-state index contributed by atoms with van der Waals surface area (Å²) in [6.07, 6.45) is 2.61. The van der Waals surface area contributed by atoms with Crippen LogP contribution in [0.1, 0.15) is 30.2 Å². The molecule has 1 aromatic carbocycles. The van der Waals surface area contributed by atoms with E-state index in [0.717, 1.165) is 0 Å². The molecule has 19 heavy (non-hydrogen) atoms. The summed E-state index contributed by atoms with van der Waals surface area (Å²) < 4.78 is 19.1. The maximum Gasteiger partial charge on any atom is 0.230 e. The predicted octanol–water partition coefficient (Wildman–Crippen LogP) is 2.70. The molecular formula is C13H13ClFN3O. The lowest BCUT2D eigenvalue weighted by Crippen LogP contribution is -2.15. The highest BCUT2D eigenvalue weighted by Gasteiger charge is 2.21. The first kappa shape index (κ1) is 12.6. The zero-order valence-corrected chi connectivity index (χ0v) is 11.0. The minimum Gasteiger partial charge on any atom is -0.424 e. The Bertz CT molecular complexity index is 563. The third kappa shape index (κ3) is 3.11. The van der Waals surface area contributed by atoms with Crippen molar-refractivity contribution in [3.63, 3.8) is 0 Å². The summed E-state index contributed by atoms with van der Waals surface area (Å²) in [5.41, 5.74) is 0.384. The van der Waals surface area contributed by atoms with Gasteiger partial charge in [0.2, 0.25) is 11.8 Å². The predicted molar refractivity (Wildman–Crippen MR) is 68.4 cm³/mol. The zero-order valence-electron chi connectivity index (χ0n) is 10.2. The van der Waals surface area contributed by atoms with E-state index in [-0.39, 0.29) is 12.2 Å². The van der Waals surface area contributed by atoms with Gasteiger partial charge in [-0.15, -0.1) is 10.2 Å². The van der Waals surface area contributed by atoms with Crippen LogP contribution in [0, 0.1) is 5.82 Å². The summed E-state index contributed by atoms with van der Waals surface area (Å²) >= 11 is 5.96. The summed E-state index contributed by atoms with van der Waals surface area (Å²) in [6.45, 7) is 0.558. The van der Waals surface area contributed by atoms with Crippen molar-refractivity contribution in [3.8, 4) is 0 Å². The van der Waals surface area contributed by atoms with Crippen LogP contribution in [0.4, 0.5) is 4.39 Å². The molecule has 1 aliphatic rings. The molecule has 0 aliphatic heterocycles. The Morgan fingerprint density at radius 2 is 2.11 bits per heavy atom. The SMILES string of the molecule is Fc1cccc(Cl)c1Cc1nnc(CNC2CC2)o1. The highest BCUT2D eigenvalue weighted by Crippen LogP contribution is 2.22. The van der Waals surface area contributed by atoms with Crippen LogP contribution < -0.4 is 5.32 Å². The number of aromatic nitrogens is 2. The molecule has 0 spiro atoms. The van der Waals surface area contributed by atoms with Crippen LogP contribution in [0.25, 0.3) is 0 Å². The molecule has 0 atom stereocenters. The maximum absolute atomic E-state index is 13.6. The second kappa shape index (κ2) is 5.27. The molecule has 1 heterocycles. The average molecular weight is 282 g/mol. The number of nitrogens with zero attached hydrogens (tertiary/aromatic N) is 2. The van der Waals surface area contributed by atoms with Gasteiger partial charge in [-0.3, -0.25) is 0 Å². The highest BCUT2D eigenvalue weighted by atomic mass is 35.5. The van der Waals surface area contributed by atoms with Gasteiger partial charge in [0.15, 0.2) is 0 Å². The van der Waals surface area contributed by atoms with E-state index >= 15 is 0 Å². The smallest absolute Gasteiger partial charge is 0.230 e. The van der Waals surface area contributed by atoms with Gasteiger partial charge in [0.05, 0.1) is 13.0 Å². The van der Waals surface area contributed by atoms with Crippen molar-refractivity contribution in [2.45, 2.75) is 31.8 Å². The molecule has 0 amide bonds. The minimum absolute atomic E-state index is 0.210. The fourth-order valence-corrected chi connectivity index (χ4v) is 2.03. The number of hydrogen-bond donors (Lipinski definition) is 1. The first-order valence-corrected chi connectivity index (χ1v) is 6.57. The van der Waals surface area contributed by atoms with E-state index in [9.17, 15) is 4.39 Å². The average Bonchev–Trinajstić information content (AvgIpc) is 3.11. The van der Waals surface area contributed by atoms with Gasteiger partial charge in [-0.25, -0.2) is 4.39 Å². The van der Waals surface area contributed by atoms with Crippen molar-refractivity contribution in [1.29, 1.82) is 0 Å². The van der Waals surface area contributed by atoms with Gasteiger partial charge in [0.25, 0.3) is 0 Å². The summed E-state index contributed by atoms with van der Waals surface area (Å²) in [7, 11) is 0. The molecule has 1 aromatic heterocycles. The van der Waals surface area contributed by atoms with E-state index in [2.05, 4.69) is 15.5 Å². The standard InChI is InChI=1S/C13H13ClFN3O/c14-10-2-1-3-11(15)9(10)6-12-17-18-13(19-12)7-16-8-4-5-8/h1-3,8,16H,4-7H2. The van der Waals surface area contributed by atoms with Gasteiger partial charge in [0.1, 0.15) is 5.82 Å². The third-order valence-electron chi connectivity index (χ3n) is 3.02. The summed E-state index contributed by atoms with van der Waals surface area (Å²) in [4.78, 5) is 0. The van der Waals surface area contributed by atoms with Crippen molar-refractivity contribution in [2.24, 2.45) is 0 Å². The number of rotatable bonds is 5. The van der Waals surface area contributed by atoms with Crippen molar-refractivity contribution in [1.82, 2.24) is 15.5 Å². The van der Waals surface area contributed by atoms with Crippen LogP contribution in [0.5, 0.6) is 0 Å². The topological polar surface area (TPSA) is 51.0 Å². The van der Waals surface area contributed by atoms with Crippen LogP contribution in [-0.4, -0.2) is 16.2 Å².